The number of nitrogen functional groups attached to an aromatic ring is 1. The van der Waals surface area contributed by atoms with Crippen molar-refractivity contribution in [3.05, 3.63) is 53.6 Å². The first-order valence-electron chi connectivity index (χ1n) is 7.24. The summed E-state index contributed by atoms with van der Waals surface area (Å²) < 4.78 is 50.0. The van der Waals surface area contributed by atoms with Gasteiger partial charge in [-0.1, -0.05) is 18.2 Å². The second-order valence-corrected chi connectivity index (χ2v) is 9.34. The van der Waals surface area contributed by atoms with Crippen LogP contribution in [0.15, 0.2) is 52.3 Å². The molecule has 2 rings (SSSR count). The van der Waals surface area contributed by atoms with Gasteiger partial charge in [-0.25, -0.2) is 21.6 Å². The van der Waals surface area contributed by atoms with Gasteiger partial charge in [-0.3, -0.25) is 0 Å². The fraction of sp³-hybridized carbons (Fsp3) is 0.250. The first kappa shape index (κ1) is 18.4. The molecule has 8 heteroatoms. The Morgan fingerprint density at radius 1 is 1.00 bits per heavy atom. The quantitative estimate of drug-likeness (QED) is 0.752. The smallest absolute Gasteiger partial charge is 0.240 e. The van der Waals surface area contributed by atoms with E-state index in [1.54, 1.807) is 31.2 Å². The number of hydrogen-bond acceptors (Lipinski definition) is 5. The maximum absolute atomic E-state index is 12.3. The normalized spacial score (nSPS) is 12.2. The molecular formula is C16H20N2O4S2. The van der Waals surface area contributed by atoms with Crippen molar-refractivity contribution in [3.63, 3.8) is 0 Å². The Labute approximate surface area is 142 Å². The molecule has 0 unspecified atom stereocenters. The fourth-order valence-corrected chi connectivity index (χ4v) is 4.16. The van der Waals surface area contributed by atoms with Crippen LogP contribution in [0.5, 0.6) is 0 Å². The number of aryl methyl sites for hydroxylation is 1. The summed E-state index contributed by atoms with van der Waals surface area (Å²) >= 11 is 0. The zero-order valence-electron chi connectivity index (χ0n) is 13.5. The molecule has 0 radical (unpaired) electrons. The molecule has 2 aromatic rings. The highest BCUT2D eigenvalue weighted by Crippen LogP contribution is 2.18. The maximum Gasteiger partial charge on any atom is 0.240 e. The second-order valence-electron chi connectivity index (χ2n) is 5.59. The largest absolute Gasteiger partial charge is 0.399 e. The van der Waals surface area contributed by atoms with Crippen molar-refractivity contribution in [1.82, 2.24) is 4.72 Å². The molecule has 0 atom stereocenters. The Balaban J connectivity index is 2.04. The van der Waals surface area contributed by atoms with Crippen LogP contribution in [0.1, 0.15) is 11.1 Å². The van der Waals surface area contributed by atoms with Crippen LogP contribution in [0.25, 0.3) is 0 Å². The van der Waals surface area contributed by atoms with Gasteiger partial charge in [0.1, 0.15) is 0 Å². The van der Waals surface area contributed by atoms with E-state index in [1.165, 1.54) is 18.2 Å². The lowest BCUT2D eigenvalue weighted by Gasteiger charge is -2.10. The predicted octanol–water partition coefficient (Wildman–Crippen LogP) is 1.50. The summed E-state index contributed by atoms with van der Waals surface area (Å²) in [5.74, 6) is 0. The number of benzene rings is 2. The van der Waals surface area contributed by atoms with Gasteiger partial charge in [-0.15, -0.1) is 0 Å². The Kier molecular flexibility index (Phi) is 5.32. The van der Waals surface area contributed by atoms with Gasteiger partial charge in [-0.2, -0.15) is 0 Å². The molecule has 130 valence electrons. The molecule has 0 heterocycles. The van der Waals surface area contributed by atoms with Crippen molar-refractivity contribution in [1.29, 1.82) is 0 Å². The summed E-state index contributed by atoms with van der Waals surface area (Å²) in [5.41, 5.74) is 7.50. The van der Waals surface area contributed by atoms with E-state index in [4.69, 9.17) is 5.73 Å². The van der Waals surface area contributed by atoms with E-state index >= 15 is 0 Å². The van der Waals surface area contributed by atoms with E-state index in [-0.39, 0.29) is 16.3 Å². The molecule has 0 amide bonds. The average Bonchev–Trinajstić information content (AvgIpc) is 2.49. The molecule has 0 aromatic heterocycles. The van der Waals surface area contributed by atoms with Crippen LogP contribution in [-0.4, -0.2) is 29.6 Å². The highest BCUT2D eigenvalue weighted by molar-refractivity contribution is 7.90. The standard InChI is InChI=1S/C16H20N2O4S2/c1-12-3-6-14(17)11-16(12)24(21,22)18-10-9-13-4-7-15(8-5-13)23(2,19)20/h3-8,11,18H,9-10,17H2,1-2H3. The number of nitrogens with two attached hydrogens (primary N) is 1. The van der Waals surface area contributed by atoms with Gasteiger partial charge in [0.25, 0.3) is 0 Å². The molecule has 0 spiro atoms. The van der Waals surface area contributed by atoms with Gasteiger partial charge in [-0.05, 0) is 48.7 Å². The van der Waals surface area contributed by atoms with E-state index < -0.39 is 19.9 Å². The second kappa shape index (κ2) is 6.92. The lowest BCUT2D eigenvalue weighted by molar-refractivity contribution is 0.581. The van der Waals surface area contributed by atoms with Crippen LogP contribution >= 0.6 is 0 Å². The number of nitrogens with one attached hydrogen (secondary N) is 1. The van der Waals surface area contributed by atoms with E-state index in [0.29, 0.717) is 17.7 Å². The Hall–Kier alpha value is -1.90. The lowest BCUT2D eigenvalue weighted by atomic mass is 10.2. The summed E-state index contributed by atoms with van der Waals surface area (Å²) in [6.07, 6.45) is 1.59. The molecule has 0 aliphatic carbocycles. The van der Waals surface area contributed by atoms with Crippen molar-refractivity contribution >= 4 is 25.5 Å². The van der Waals surface area contributed by atoms with Crippen molar-refractivity contribution in [3.8, 4) is 0 Å². The minimum atomic E-state index is -3.64. The number of hydrogen-bond donors (Lipinski definition) is 2. The molecule has 0 saturated carbocycles. The summed E-state index contributed by atoms with van der Waals surface area (Å²) in [5, 5.41) is 0. The molecule has 2 aromatic carbocycles. The molecule has 0 fully saturated rings. The van der Waals surface area contributed by atoms with Gasteiger partial charge >= 0.3 is 0 Å². The molecule has 24 heavy (non-hydrogen) atoms. The van der Waals surface area contributed by atoms with Gasteiger partial charge in [0.15, 0.2) is 9.84 Å². The van der Waals surface area contributed by atoms with Crippen LogP contribution < -0.4 is 10.5 Å². The van der Waals surface area contributed by atoms with Crippen LogP contribution in [0.4, 0.5) is 5.69 Å². The minimum absolute atomic E-state index is 0.162. The van der Waals surface area contributed by atoms with Crippen LogP contribution in [-0.2, 0) is 26.3 Å². The third-order valence-electron chi connectivity index (χ3n) is 3.56. The zero-order chi connectivity index (χ0) is 18.0. The van der Waals surface area contributed by atoms with Crippen LogP contribution in [0, 0.1) is 6.92 Å². The monoisotopic (exact) mass is 368 g/mol. The first-order valence-corrected chi connectivity index (χ1v) is 10.6. The molecular weight excluding hydrogens is 348 g/mol. The predicted molar refractivity (Wildman–Crippen MR) is 94.0 cm³/mol. The molecule has 0 aliphatic heterocycles. The van der Waals surface area contributed by atoms with Crippen molar-refractivity contribution in [2.24, 2.45) is 0 Å². The maximum atomic E-state index is 12.3. The number of sulfone groups is 1. The lowest BCUT2D eigenvalue weighted by Crippen LogP contribution is -2.26. The first-order chi connectivity index (χ1) is 11.1. The van der Waals surface area contributed by atoms with Crippen molar-refractivity contribution < 1.29 is 16.8 Å². The Morgan fingerprint density at radius 3 is 2.21 bits per heavy atom. The van der Waals surface area contributed by atoms with Crippen LogP contribution in [0.3, 0.4) is 0 Å². The molecule has 0 aliphatic rings. The Morgan fingerprint density at radius 2 is 1.62 bits per heavy atom. The molecule has 0 bridgehead atoms. The van der Waals surface area contributed by atoms with Gasteiger partial charge < -0.3 is 5.73 Å². The SMILES string of the molecule is Cc1ccc(N)cc1S(=O)(=O)NCCc1ccc(S(C)(=O)=O)cc1. The number of sulfonamides is 1. The van der Waals surface area contributed by atoms with E-state index in [1.807, 2.05) is 0 Å². The van der Waals surface area contributed by atoms with Gasteiger partial charge in [0, 0.05) is 18.5 Å². The Bertz CT molecular complexity index is 935. The summed E-state index contributed by atoms with van der Waals surface area (Å²) in [4.78, 5) is 0.400. The van der Waals surface area contributed by atoms with Gasteiger partial charge in [0.05, 0.1) is 9.79 Å². The van der Waals surface area contributed by atoms with Crippen molar-refractivity contribution in [2.75, 3.05) is 18.5 Å². The highest BCUT2D eigenvalue weighted by Gasteiger charge is 2.16. The minimum Gasteiger partial charge on any atom is -0.399 e. The summed E-state index contributed by atoms with van der Waals surface area (Å²) in [6.45, 7) is 1.91. The summed E-state index contributed by atoms with van der Waals surface area (Å²) in [7, 11) is -6.87. The third-order valence-corrected chi connectivity index (χ3v) is 6.29. The van der Waals surface area contributed by atoms with E-state index in [0.717, 1.165) is 11.8 Å². The third kappa shape index (κ3) is 4.56. The highest BCUT2D eigenvalue weighted by atomic mass is 32.2. The zero-order valence-corrected chi connectivity index (χ0v) is 15.1. The number of anilines is 1. The van der Waals surface area contributed by atoms with Gasteiger partial charge in [0.2, 0.25) is 10.0 Å². The van der Waals surface area contributed by atoms with E-state index in [9.17, 15) is 16.8 Å². The number of rotatable bonds is 6. The van der Waals surface area contributed by atoms with E-state index in [2.05, 4.69) is 4.72 Å². The fourth-order valence-electron chi connectivity index (χ4n) is 2.22. The molecule has 0 saturated heterocycles. The molecule has 3 N–H and O–H groups in total. The van der Waals surface area contributed by atoms with Crippen LogP contribution in [0.2, 0.25) is 0 Å². The topological polar surface area (TPSA) is 106 Å². The van der Waals surface area contributed by atoms with Crippen molar-refractivity contribution in [2.45, 2.75) is 23.1 Å². The molecule has 6 nitrogen and oxygen atoms in total. The summed E-state index contributed by atoms with van der Waals surface area (Å²) in [6, 6.07) is 11.1. The average molecular weight is 368 g/mol.